The molecule has 1 aliphatic heterocycles. The van der Waals surface area contributed by atoms with Crippen LogP contribution in [0.15, 0.2) is 53.4 Å². The Labute approximate surface area is 170 Å². The van der Waals surface area contributed by atoms with Gasteiger partial charge in [0.1, 0.15) is 5.75 Å². The maximum Gasteiger partial charge on any atom is 0.243 e. The smallest absolute Gasteiger partial charge is 0.243 e. The Bertz CT molecular complexity index is 910. The average molecular weight is 423 g/mol. The lowest BCUT2D eigenvalue weighted by Crippen LogP contribution is -2.35. The number of carbonyl (C=O) groups is 1. The van der Waals surface area contributed by atoms with Gasteiger partial charge in [0.05, 0.1) is 17.9 Å². The highest BCUT2D eigenvalue weighted by atomic mass is 35.5. The number of piperidine rings is 1. The second-order valence-electron chi connectivity index (χ2n) is 6.59. The zero-order valence-electron chi connectivity index (χ0n) is 15.4. The van der Waals surface area contributed by atoms with Gasteiger partial charge < -0.3 is 10.1 Å². The first-order valence-electron chi connectivity index (χ1n) is 9.23. The van der Waals surface area contributed by atoms with Gasteiger partial charge in [-0.1, -0.05) is 24.1 Å². The van der Waals surface area contributed by atoms with Crippen LogP contribution in [0.25, 0.3) is 0 Å². The number of nitrogens with one attached hydrogen (secondary N) is 1. The number of halogens is 1. The van der Waals surface area contributed by atoms with Crippen LogP contribution in [0.5, 0.6) is 5.75 Å². The lowest BCUT2D eigenvalue weighted by Gasteiger charge is -2.26. The summed E-state index contributed by atoms with van der Waals surface area (Å²) in [5.41, 5.74) is 0.453. The monoisotopic (exact) mass is 422 g/mol. The minimum Gasteiger partial charge on any atom is -0.493 e. The van der Waals surface area contributed by atoms with Gasteiger partial charge in [-0.15, -0.1) is 0 Å². The highest BCUT2D eigenvalue weighted by Gasteiger charge is 2.26. The van der Waals surface area contributed by atoms with Gasteiger partial charge in [-0.2, -0.15) is 4.31 Å². The van der Waals surface area contributed by atoms with E-state index in [4.69, 9.17) is 16.3 Å². The van der Waals surface area contributed by atoms with Gasteiger partial charge in [0.15, 0.2) is 0 Å². The van der Waals surface area contributed by atoms with Crippen LogP contribution in [0.3, 0.4) is 0 Å². The summed E-state index contributed by atoms with van der Waals surface area (Å²) in [4.78, 5) is 12.3. The van der Waals surface area contributed by atoms with E-state index in [9.17, 15) is 13.2 Å². The van der Waals surface area contributed by atoms with E-state index >= 15 is 0 Å². The Morgan fingerprint density at radius 2 is 1.79 bits per heavy atom. The molecule has 150 valence electrons. The second-order valence-corrected chi connectivity index (χ2v) is 8.97. The van der Waals surface area contributed by atoms with E-state index in [2.05, 4.69) is 5.32 Å². The Kier molecular flexibility index (Phi) is 6.93. The summed E-state index contributed by atoms with van der Waals surface area (Å²) in [5.74, 6) is 0.383. The summed E-state index contributed by atoms with van der Waals surface area (Å²) >= 11 is 5.82. The molecule has 2 aromatic rings. The van der Waals surface area contributed by atoms with Crippen LogP contribution < -0.4 is 10.1 Å². The van der Waals surface area contributed by atoms with Crippen molar-refractivity contribution in [1.82, 2.24) is 4.31 Å². The minimum absolute atomic E-state index is 0.145. The fraction of sp³-hybridized carbons (Fsp3) is 0.350. The number of anilines is 1. The second kappa shape index (κ2) is 9.41. The van der Waals surface area contributed by atoms with E-state index in [1.54, 1.807) is 42.5 Å². The van der Waals surface area contributed by atoms with Gasteiger partial charge in [-0.3, -0.25) is 4.79 Å². The van der Waals surface area contributed by atoms with Gasteiger partial charge in [0.25, 0.3) is 0 Å². The molecule has 2 aromatic carbocycles. The number of hydrogen-bond acceptors (Lipinski definition) is 4. The van der Waals surface area contributed by atoms with E-state index in [0.29, 0.717) is 29.5 Å². The third-order valence-electron chi connectivity index (χ3n) is 4.48. The molecule has 0 saturated carbocycles. The van der Waals surface area contributed by atoms with Crippen LogP contribution in [0.2, 0.25) is 5.02 Å². The van der Waals surface area contributed by atoms with Crippen molar-refractivity contribution in [2.75, 3.05) is 25.0 Å². The first-order chi connectivity index (χ1) is 13.4. The number of carbonyl (C=O) groups excluding carboxylic acids is 1. The Morgan fingerprint density at radius 1 is 1.07 bits per heavy atom. The largest absolute Gasteiger partial charge is 0.493 e. The van der Waals surface area contributed by atoms with Crippen LogP contribution in [-0.2, 0) is 14.8 Å². The molecule has 0 aromatic heterocycles. The maximum atomic E-state index is 12.8. The van der Waals surface area contributed by atoms with Crippen molar-refractivity contribution in [3.63, 3.8) is 0 Å². The lowest BCUT2D eigenvalue weighted by molar-refractivity contribution is -0.116. The number of benzene rings is 2. The zero-order valence-corrected chi connectivity index (χ0v) is 17.0. The molecule has 28 heavy (non-hydrogen) atoms. The molecule has 1 saturated heterocycles. The highest BCUT2D eigenvalue weighted by Crippen LogP contribution is 2.23. The topological polar surface area (TPSA) is 75.7 Å². The molecule has 6 nitrogen and oxygen atoms in total. The molecule has 1 amide bonds. The molecular weight excluding hydrogens is 400 g/mol. The number of ether oxygens (including phenoxy) is 1. The van der Waals surface area contributed by atoms with Gasteiger partial charge in [0, 0.05) is 23.8 Å². The minimum atomic E-state index is -3.53. The Hall–Kier alpha value is -2.09. The van der Waals surface area contributed by atoms with E-state index in [-0.39, 0.29) is 23.8 Å². The molecule has 0 radical (unpaired) electrons. The van der Waals surface area contributed by atoms with E-state index in [0.717, 1.165) is 19.3 Å². The van der Waals surface area contributed by atoms with E-state index in [1.807, 2.05) is 0 Å². The van der Waals surface area contributed by atoms with Crippen molar-refractivity contribution < 1.29 is 17.9 Å². The summed E-state index contributed by atoms with van der Waals surface area (Å²) in [6.45, 7) is 1.29. The SMILES string of the molecule is O=C(CCOc1ccc(Cl)cc1)Nc1cccc(S(=O)(=O)N2CCCCC2)c1. The number of nitrogens with zero attached hydrogens (tertiary/aromatic N) is 1. The lowest BCUT2D eigenvalue weighted by atomic mass is 10.2. The van der Waals surface area contributed by atoms with Gasteiger partial charge in [-0.25, -0.2) is 8.42 Å². The predicted octanol–water partition coefficient (Wildman–Crippen LogP) is 3.92. The fourth-order valence-corrected chi connectivity index (χ4v) is 4.69. The third-order valence-corrected chi connectivity index (χ3v) is 6.63. The summed E-state index contributed by atoms with van der Waals surface area (Å²) in [5, 5.41) is 3.34. The normalized spacial score (nSPS) is 15.2. The van der Waals surface area contributed by atoms with Crippen molar-refractivity contribution in [2.45, 2.75) is 30.6 Å². The standard InChI is InChI=1S/C20H23ClN2O4S/c21-16-7-9-18(10-8-16)27-14-11-20(24)22-17-5-4-6-19(15-17)28(25,26)23-12-2-1-3-13-23/h4-10,15H,1-3,11-14H2,(H,22,24). The summed E-state index contributed by atoms with van der Waals surface area (Å²) in [6, 6.07) is 13.3. The van der Waals surface area contributed by atoms with Crippen LogP contribution in [0, 0.1) is 0 Å². The molecule has 1 heterocycles. The first-order valence-corrected chi connectivity index (χ1v) is 11.1. The van der Waals surface area contributed by atoms with Gasteiger partial charge in [-0.05, 0) is 55.3 Å². The third kappa shape index (κ3) is 5.47. The van der Waals surface area contributed by atoms with Crippen LogP contribution in [-0.4, -0.2) is 38.3 Å². The van der Waals surface area contributed by atoms with Crippen LogP contribution in [0.4, 0.5) is 5.69 Å². The van der Waals surface area contributed by atoms with Crippen molar-refractivity contribution in [1.29, 1.82) is 0 Å². The number of amides is 1. The van der Waals surface area contributed by atoms with Crippen LogP contribution >= 0.6 is 11.6 Å². The number of rotatable bonds is 7. The molecule has 8 heteroatoms. The predicted molar refractivity (Wildman–Crippen MR) is 109 cm³/mol. The maximum absolute atomic E-state index is 12.8. The number of sulfonamides is 1. The van der Waals surface area contributed by atoms with E-state index in [1.165, 1.54) is 10.4 Å². The molecule has 0 atom stereocenters. The highest BCUT2D eigenvalue weighted by molar-refractivity contribution is 7.89. The molecule has 0 aliphatic carbocycles. The van der Waals surface area contributed by atoms with Crippen molar-refractivity contribution in [3.8, 4) is 5.75 Å². The summed E-state index contributed by atoms with van der Waals surface area (Å²) in [6.07, 6.45) is 2.96. The molecule has 0 bridgehead atoms. The average Bonchev–Trinajstić information content (AvgIpc) is 2.70. The number of hydrogen-bond donors (Lipinski definition) is 1. The summed E-state index contributed by atoms with van der Waals surface area (Å²) < 4.78 is 32.5. The molecule has 0 spiro atoms. The molecule has 3 rings (SSSR count). The van der Waals surface area contributed by atoms with Crippen molar-refractivity contribution in [2.24, 2.45) is 0 Å². The molecular formula is C20H23ClN2O4S. The summed E-state index contributed by atoms with van der Waals surface area (Å²) in [7, 11) is -3.53. The van der Waals surface area contributed by atoms with Gasteiger partial charge >= 0.3 is 0 Å². The van der Waals surface area contributed by atoms with E-state index < -0.39 is 10.0 Å². The Morgan fingerprint density at radius 3 is 2.50 bits per heavy atom. The Balaban J connectivity index is 1.56. The molecule has 1 aliphatic rings. The zero-order chi connectivity index (χ0) is 20.0. The molecule has 0 unspecified atom stereocenters. The molecule has 1 N–H and O–H groups in total. The first kappa shape index (κ1) is 20.6. The fourth-order valence-electron chi connectivity index (χ4n) is 3.00. The van der Waals surface area contributed by atoms with Crippen LogP contribution in [0.1, 0.15) is 25.7 Å². The van der Waals surface area contributed by atoms with Crippen molar-refractivity contribution in [3.05, 3.63) is 53.6 Å². The quantitative estimate of drug-likeness (QED) is 0.733. The van der Waals surface area contributed by atoms with Crippen molar-refractivity contribution >= 4 is 33.2 Å². The van der Waals surface area contributed by atoms with Gasteiger partial charge in [0.2, 0.25) is 15.9 Å². The molecule has 1 fully saturated rings.